The van der Waals surface area contributed by atoms with Gasteiger partial charge in [-0.05, 0) is 17.4 Å². The normalized spacial score (nSPS) is 27.1. The molecular weight excluding hydrogens is 160 g/mol. The van der Waals surface area contributed by atoms with Crippen molar-refractivity contribution in [3.8, 4) is 0 Å². The van der Waals surface area contributed by atoms with Gasteiger partial charge < -0.3 is 0 Å². The molecule has 0 radical (unpaired) electrons. The van der Waals surface area contributed by atoms with Crippen LogP contribution in [0.15, 0.2) is 24.3 Å². The van der Waals surface area contributed by atoms with Crippen LogP contribution in [0.3, 0.4) is 0 Å². The average molecular weight is 174 g/mol. The summed E-state index contributed by atoms with van der Waals surface area (Å²) in [5.74, 6) is 1.32. The largest absolute Gasteiger partial charge is 0.294 e. The fourth-order valence-electron chi connectivity index (χ4n) is 2.03. The van der Waals surface area contributed by atoms with E-state index in [-0.39, 0.29) is 0 Å². The maximum atomic E-state index is 11.6. The van der Waals surface area contributed by atoms with E-state index in [4.69, 9.17) is 0 Å². The molecule has 1 aliphatic rings. The van der Waals surface area contributed by atoms with E-state index in [1.165, 1.54) is 5.56 Å². The second-order valence-corrected chi connectivity index (χ2v) is 3.98. The first-order valence-corrected chi connectivity index (χ1v) is 4.82. The van der Waals surface area contributed by atoms with Crippen LogP contribution >= 0.6 is 0 Å². The van der Waals surface area contributed by atoms with E-state index in [0.717, 1.165) is 5.56 Å². The van der Waals surface area contributed by atoms with Crippen LogP contribution in [-0.4, -0.2) is 5.78 Å². The van der Waals surface area contributed by atoms with Gasteiger partial charge in [-0.3, -0.25) is 4.79 Å². The van der Waals surface area contributed by atoms with E-state index >= 15 is 0 Å². The Morgan fingerprint density at radius 2 is 1.92 bits per heavy atom. The number of carbonyl (C=O) groups excluding carboxylic acids is 1. The molecule has 68 valence electrons. The second-order valence-electron chi connectivity index (χ2n) is 3.98. The van der Waals surface area contributed by atoms with Crippen molar-refractivity contribution >= 4 is 5.78 Å². The Labute approximate surface area is 78.8 Å². The van der Waals surface area contributed by atoms with Crippen LogP contribution < -0.4 is 0 Å². The van der Waals surface area contributed by atoms with Crippen LogP contribution in [0.2, 0.25) is 0 Å². The van der Waals surface area contributed by atoms with E-state index < -0.39 is 0 Å². The zero-order valence-electron chi connectivity index (χ0n) is 8.08. The molecular formula is C12H14O. The predicted octanol–water partition coefficient (Wildman–Crippen LogP) is 3.01. The summed E-state index contributed by atoms with van der Waals surface area (Å²) in [7, 11) is 0. The van der Waals surface area contributed by atoms with Gasteiger partial charge >= 0.3 is 0 Å². The zero-order valence-corrected chi connectivity index (χ0v) is 8.08. The molecule has 0 aromatic heterocycles. The number of hydrogen-bond acceptors (Lipinski definition) is 1. The van der Waals surface area contributed by atoms with Gasteiger partial charge in [-0.2, -0.15) is 0 Å². The molecule has 0 bridgehead atoms. The fraction of sp³-hybridized carbons (Fsp3) is 0.417. The Hall–Kier alpha value is -1.11. The molecule has 1 heteroatoms. The van der Waals surface area contributed by atoms with E-state index in [9.17, 15) is 4.79 Å². The van der Waals surface area contributed by atoms with E-state index in [1.807, 2.05) is 18.2 Å². The van der Waals surface area contributed by atoms with Crippen molar-refractivity contribution in [1.29, 1.82) is 0 Å². The number of Topliss-reactive ketones (excluding diaryl/α,β-unsaturated/α-hetero) is 1. The second kappa shape index (κ2) is 2.99. The number of rotatable bonds is 0. The average Bonchev–Trinajstić information content (AvgIpc) is 2.15. The lowest BCUT2D eigenvalue weighted by Crippen LogP contribution is -2.21. The zero-order chi connectivity index (χ0) is 9.42. The molecule has 0 N–H and O–H groups in total. The van der Waals surface area contributed by atoms with Gasteiger partial charge in [0.2, 0.25) is 0 Å². The highest BCUT2D eigenvalue weighted by Gasteiger charge is 2.27. The first kappa shape index (κ1) is 8.49. The topological polar surface area (TPSA) is 17.1 Å². The number of ketones is 1. The Morgan fingerprint density at radius 3 is 2.69 bits per heavy atom. The minimum atomic E-state index is 0.307. The molecule has 13 heavy (non-hydrogen) atoms. The van der Waals surface area contributed by atoms with Gasteiger partial charge in [0.1, 0.15) is 0 Å². The van der Waals surface area contributed by atoms with Crippen molar-refractivity contribution in [3.63, 3.8) is 0 Å². The van der Waals surface area contributed by atoms with Crippen LogP contribution in [0.4, 0.5) is 0 Å². The van der Waals surface area contributed by atoms with Crippen molar-refractivity contribution < 1.29 is 4.79 Å². The van der Waals surface area contributed by atoms with Gasteiger partial charge in [-0.25, -0.2) is 0 Å². The van der Waals surface area contributed by atoms with Crippen LogP contribution in [-0.2, 0) is 0 Å². The molecule has 0 fully saturated rings. The fourth-order valence-corrected chi connectivity index (χ4v) is 2.03. The highest BCUT2D eigenvalue weighted by molar-refractivity contribution is 5.98. The van der Waals surface area contributed by atoms with Crippen LogP contribution in [0.5, 0.6) is 0 Å². The SMILES string of the molecule is C[C@H]1CC(=O)c2ccccc2[C@@H]1C. The monoisotopic (exact) mass is 174 g/mol. The molecule has 0 saturated heterocycles. The standard InChI is InChI=1S/C12H14O/c1-8-7-12(13)11-6-4-3-5-10(11)9(8)2/h3-6,8-9H,7H2,1-2H3/t8-,9+/m0/s1. The lowest BCUT2D eigenvalue weighted by atomic mass is 9.76. The Balaban J connectivity index is 2.53. The van der Waals surface area contributed by atoms with Crippen molar-refractivity contribution in [1.82, 2.24) is 0 Å². The molecule has 2 rings (SSSR count). The first-order chi connectivity index (χ1) is 6.20. The summed E-state index contributed by atoms with van der Waals surface area (Å²) in [6.07, 6.45) is 0.707. The number of hydrogen-bond donors (Lipinski definition) is 0. The van der Waals surface area contributed by atoms with E-state index in [2.05, 4.69) is 19.9 Å². The minimum Gasteiger partial charge on any atom is -0.294 e. The quantitative estimate of drug-likeness (QED) is 0.591. The van der Waals surface area contributed by atoms with Crippen molar-refractivity contribution in [2.24, 2.45) is 5.92 Å². The van der Waals surface area contributed by atoms with Crippen LogP contribution in [0.1, 0.15) is 42.1 Å². The lowest BCUT2D eigenvalue weighted by molar-refractivity contribution is 0.0944. The summed E-state index contributed by atoms with van der Waals surface area (Å²) in [6.45, 7) is 4.36. The van der Waals surface area contributed by atoms with Gasteiger partial charge in [0.25, 0.3) is 0 Å². The molecule has 1 nitrogen and oxygen atoms in total. The maximum Gasteiger partial charge on any atom is 0.163 e. The first-order valence-electron chi connectivity index (χ1n) is 4.82. The molecule has 2 atom stereocenters. The highest BCUT2D eigenvalue weighted by Crippen LogP contribution is 2.34. The van der Waals surface area contributed by atoms with E-state index in [0.29, 0.717) is 24.0 Å². The summed E-state index contributed by atoms with van der Waals surface area (Å²) < 4.78 is 0. The minimum absolute atomic E-state index is 0.307. The molecule has 0 aliphatic heterocycles. The smallest absolute Gasteiger partial charge is 0.163 e. The number of carbonyl (C=O) groups is 1. The van der Waals surface area contributed by atoms with Gasteiger partial charge in [-0.1, -0.05) is 38.1 Å². The van der Waals surface area contributed by atoms with Gasteiger partial charge in [-0.15, -0.1) is 0 Å². The molecule has 1 aliphatic carbocycles. The van der Waals surface area contributed by atoms with Crippen LogP contribution in [0.25, 0.3) is 0 Å². The summed E-state index contributed by atoms with van der Waals surface area (Å²) in [6, 6.07) is 7.98. The summed E-state index contributed by atoms with van der Waals surface area (Å²) in [4.78, 5) is 11.6. The van der Waals surface area contributed by atoms with Gasteiger partial charge in [0, 0.05) is 12.0 Å². The van der Waals surface area contributed by atoms with Crippen molar-refractivity contribution in [2.45, 2.75) is 26.2 Å². The number of benzene rings is 1. The molecule has 0 unspecified atom stereocenters. The highest BCUT2D eigenvalue weighted by atomic mass is 16.1. The van der Waals surface area contributed by atoms with Crippen LogP contribution in [0, 0.1) is 5.92 Å². The molecule has 0 saturated carbocycles. The van der Waals surface area contributed by atoms with E-state index in [1.54, 1.807) is 0 Å². The summed E-state index contributed by atoms with van der Waals surface area (Å²) >= 11 is 0. The Kier molecular flexibility index (Phi) is 1.95. The number of fused-ring (bicyclic) bond motifs is 1. The lowest BCUT2D eigenvalue weighted by Gasteiger charge is -2.27. The summed E-state index contributed by atoms with van der Waals surface area (Å²) in [5.41, 5.74) is 2.17. The molecule has 0 amide bonds. The van der Waals surface area contributed by atoms with Gasteiger partial charge in [0.15, 0.2) is 5.78 Å². The Morgan fingerprint density at radius 1 is 1.23 bits per heavy atom. The summed E-state index contributed by atoms with van der Waals surface area (Å²) in [5, 5.41) is 0. The van der Waals surface area contributed by atoms with Crippen molar-refractivity contribution in [2.75, 3.05) is 0 Å². The maximum absolute atomic E-state index is 11.6. The third-order valence-corrected chi connectivity index (χ3v) is 3.11. The molecule has 1 aromatic carbocycles. The predicted molar refractivity (Wildman–Crippen MR) is 53.0 cm³/mol. The molecule has 0 heterocycles. The molecule has 0 spiro atoms. The van der Waals surface area contributed by atoms with Gasteiger partial charge in [0.05, 0.1) is 0 Å². The molecule has 1 aromatic rings. The third kappa shape index (κ3) is 1.28. The van der Waals surface area contributed by atoms with Crippen molar-refractivity contribution in [3.05, 3.63) is 35.4 Å². The Bertz CT molecular complexity index is 341. The third-order valence-electron chi connectivity index (χ3n) is 3.11.